The highest BCUT2D eigenvalue weighted by Crippen LogP contribution is 2.40. The average molecular weight is 472 g/mol. The monoisotopic (exact) mass is 471 g/mol. The van der Waals surface area contributed by atoms with E-state index in [9.17, 15) is 19.8 Å². The van der Waals surface area contributed by atoms with Crippen molar-refractivity contribution in [1.29, 1.82) is 0 Å². The number of phenolic OH excluding ortho intramolecular Hbond substituents is 1. The third-order valence-corrected chi connectivity index (χ3v) is 6.43. The summed E-state index contributed by atoms with van der Waals surface area (Å²) < 4.78 is 3.75. The number of imidazole rings is 2. The first-order valence-corrected chi connectivity index (χ1v) is 11.3. The van der Waals surface area contributed by atoms with Gasteiger partial charge in [0.2, 0.25) is 0 Å². The van der Waals surface area contributed by atoms with Crippen molar-refractivity contribution in [3.63, 3.8) is 0 Å². The smallest absolute Gasteiger partial charge is 0.295 e. The Morgan fingerprint density at radius 2 is 1.83 bits per heavy atom. The molecule has 1 atom stereocenters. The number of aliphatic hydroxyl groups is 1. The highest BCUT2D eigenvalue weighted by atomic mass is 16.3. The van der Waals surface area contributed by atoms with E-state index in [1.807, 2.05) is 47.3 Å². The molecule has 1 fully saturated rings. The van der Waals surface area contributed by atoms with Gasteiger partial charge in [-0.05, 0) is 49.6 Å². The number of benzene rings is 1. The second kappa shape index (κ2) is 8.75. The highest BCUT2D eigenvalue weighted by Gasteiger charge is 2.46. The zero-order valence-electron chi connectivity index (χ0n) is 19.4. The molecule has 0 spiro atoms. The summed E-state index contributed by atoms with van der Waals surface area (Å²) in [6, 6.07) is 9.31. The van der Waals surface area contributed by atoms with Gasteiger partial charge in [-0.3, -0.25) is 9.59 Å². The van der Waals surface area contributed by atoms with Crippen LogP contribution in [0, 0.1) is 13.8 Å². The van der Waals surface area contributed by atoms with Crippen molar-refractivity contribution in [2.24, 2.45) is 0 Å². The van der Waals surface area contributed by atoms with Gasteiger partial charge in [-0.1, -0.05) is 18.2 Å². The Balaban J connectivity index is 1.60. The van der Waals surface area contributed by atoms with Gasteiger partial charge in [0.05, 0.1) is 23.6 Å². The standard InChI is InChI=1S/C26H25N5O4/c1-16-5-3-12-30-17(2)21(28-25(16)30)23(33)20-22(18-6-8-19(32)9-7-18)31(26(35)24(20)34)13-4-11-29-14-10-27-15-29/h3,5-10,12,14-15,22,32-33H,4,11,13H2,1-2H3. The molecule has 5 rings (SSSR count). The van der Waals surface area contributed by atoms with Crippen molar-refractivity contribution in [3.05, 3.63) is 89.4 Å². The molecule has 4 aromatic rings. The molecule has 4 heterocycles. The lowest BCUT2D eigenvalue weighted by Gasteiger charge is -2.25. The maximum atomic E-state index is 13.3. The molecule has 1 saturated heterocycles. The number of likely N-dealkylation sites (tertiary alicyclic amines) is 1. The summed E-state index contributed by atoms with van der Waals surface area (Å²) in [4.78, 5) is 36.5. The number of aromatic nitrogens is 4. The predicted octanol–water partition coefficient (Wildman–Crippen LogP) is 3.37. The van der Waals surface area contributed by atoms with E-state index in [4.69, 9.17) is 0 Å². The summed E-state index contributed by atoms with van der Waals surface area (Å²) >= 11 is 0. The normalized spacial score (nSPS) is 17.5. The van der Waals surface area contributed by atoms with Gasteiger partial charge >= 0.3 is 0 Å². The highest BCUT2D eigenvalue weighted by molar-refractivity contribution is 6.46. The molecular formula is C26H25N5O4. The third kappa shape index (κ3) is 3.84. The number of amides is 1. The molecule has 178 valence electrons. The Hall–Kier alpha value is -4.40. The predicted molar refractivity (Wildman–Crippen MR) is 129 cm³/mol. The summed E-state index contributed by atoms with van der Waals surface area (Å²) in [5, 5.41) is 21.2. The van der Waals surface area contributed by atoms with Crippen molar-refractivity contribution in [2.45, 2.75) is 32.9 Å². The number of Topliss-reactive ketones (excluding diaryl/α,β-unsaturated/α-hetero) is 1. The lowest BCUT2D eigenvalue weighted by molar-refractivity contribution is -0.139. The molecule has 2 N–H and O–H groups in total. The van der Waals surface area contributed by atoms with Gasteiger partial charge in [-0.15, -0.1) is 0 Å². The van der Waals surface area contributed by atoms with Gasteiger partial charge in [0, 0.05) is 31.7 Å². The summed E-state index contributed by atoms with van der Waals surface area (Å²) in [5.74, 6) is -1.67. The number of carbonyl (C=O) groups excluding carboxylic acids is 2. The maximum Gasteiger partial charge on any atom is 0.295 e. The zero-order valence-corrected chi connectivity index (χ0v) is 19.4. The lowest BCUT2D eigenvalue weighted by atomic mass is 9.96. The molecule has 0 saturated carbocycles. The summed E-state index contributed by atoms with van der Waals surface area (Å²) in [6.07, 6.45) is 7.64. The number of hydrogen-bond acceptors (Lipinski definition) is 6. The fourth-order valence-corrected chi connectivity index (χ4v) is 4.63. The van der Waals surface area contributed by atoms with Crippen molar-refractivity contribution in [3.8, 4) is 5.75 Å². The van der Waals surface area contributed by atoms with Gasteiger partial charge in [0.1, 0.15) is 17.1 Å². The Bertz CT molecular complexity index is 1450. The maximum absolute atomic E-state index is 13.3. The summed E-state index contributed by atoms with van der Waals surface area (Å²) in [5.41, 5.74) is 3.12. The topological polar surface area (TPSA) is 113 Å². The van der Waals surface area contributed by atoms with Crippen LogP contribution in [0.5, 0.6) is 5.75 Å². The number of rotatable bonds is 6. The third-order valence-electron chi connectivity index (χ3n) is 6.43. The van der Waals surface area contributed by atoms with Gasteiger partial charge in [0.15, 0.2) is 5.76 Å². The van der Waals surface area contributed by atoms with E-state index in [1.165, 1.54) is 17.0 Å². The quantitative estimate of drug-likeness (QED) is 0.253. The van der Waals surface area contributed by atoms with Crippen LogP contribution in [0.15, 0.2) is 66.9 Å². The minimum Gasteiger partial charge on any atom is -0.508 e. The van der Waals surface area contributed by atoms with E-state index in [-0.39, 0.29) is 22.8 Å². The van der Waals surface area contributed by atoms with Gasteiger partial charge < -0.3 is 24.1 Å². The first-order valence-electron chi connectivity index (χ1n) is 11.3. The SMILES string of the molecule is Cc1cccn2c(C)c(C(O)=C3C(=O)C(=O)N(CCCn4ccnc4)C3c3ccc(O)cc3)nc12. The van der Waals surface area contributed by atoms with Crippen molar-refractivity contribution in [1.82, 2.24) is 23.8 Å². The van der Waals surface area contributed by atoms with Crippen molar-refractivity contribution in [2.75, 3.05) is 6.54 Å². The first kappa shape index (κ1) is 22.4. The van der Waals surface area contributed by atoms with Crippen LogP contribution in [-0.4, -0.2) is 52.3 Å². The molecule has 9 heteroatoms. The molecule has 0 aliphatic carbocycles. The lowest BCUT2D eigenvalue weighted by Crippen LogP contribution is -2.31. The Morgan fingerprint density at radius 3 is 2.51 bits per heavy atom. The molecule has 35 heavy (non-hydrogen) atoms. The number of nitrogens with zero attached hydrogens (tertiary/aromatic N) is 5. The van der Waals surface area contributed by atoms with Crippen LogP contribution in [0.2, 0.25) is 0 Å². The van der Waals surface area contributed by atoms with Gasteiger partial charge in [0.25, 0.3) is 11.7 Å². The van der Waals surface area contributed by atoms with Gasteiger partial charge in [-0.25, -0.2) is 9.97 Å². The van der Waals surface area contributed by atoms with Crippen LogP contribution in [0.1, 0.15) is 35.0 Å². The number of aliphatic hydroxyl groups excluding tert-OH is 1. The summed E-state index contributed by atoms with van der Waals surface area (Å²) in [7, 11) is 0. The number of carbonyl (C=O) groups is 2. The van der Waals surface area contributed by atoms with Crippen LogP contribution in [0.25, 0.3) is 11.4 Å². The Labute approximate surface area is 201 Å². The Kier molecular flexibility index (Phi) is 5.60. The molecule has 9 nitrogen and oxygen atoms in total. The van der Waals surface area contributed by atoms with Crippen molar-refractivity contribution < 1.29 is 19.8 Å². The molecular weight excluding hydrogens is 446 g/mol. The van der Waals surface area contributed by atoms with Crippen LogP contribution in [0.3, 0.4) is 0 Å². The number of phenols is 1. The van der Waals surface area contributed by atoms with Crippen LogP contribution < -0.4 is 0 Å². The van der Waals surface area contributed by atoms with E-state index in [2.05, 4.69) is 9.97 Å². The molecule has 1 amide bonds. The van der Waals surface area contributed by atoms with Crippen LogP contribution in [-0.2, 0) is 16.1 Å². The van der Waals surface area contributed by atoms with Crippen LogP contribution >= 0.6 is 0 Å². The zero-order chi connectivity index (χ0) is 24.7. The minimum absolute atomic E-state index is 0.00696. The second-order valence-electron chi connectivity index (χ2n) is 8.67. The molecule has 1 aromatic carbocycles. The summed E-state index contributed by atoms with van der Waals surface area (Å²) in [6.45, 7) is 4.65. The minimum atomic E-state index is -0.802. The van der Waals surface area contributed by atoms with E-state index in [0.29, 0.717) is 36.4 Å². The number of hydrogen-bond donors (Lipinski definition) is 2. The fourth-order valence-electron chi connectivity index (χ4n) is 4.63. The number of aromatic hydroxyl groups is 1. The van der Waals surface area contributed by atoms with Gasteiger partial charge in [-0.2, -0.15) is 0 Å². The molecule has 0 radical (unpaired) electrons. The molecule has 3 aromatic heterocycles. The number of aryl methyl sites for hydroxylation is 3. The molecule has 1 aliphatic heterocycles. The molecule has 1 unspecified atom stereocenters. The largest absolute Gasteiger partial charge is 0.508 e. The fraction of sp³-hybridized carbons (Fsp3) is 0.231. The Morgan fingerprint density at radius 1 is 1.06 bits per heavy atom. The number of ketones is 1. The second-order valence-corrected chi connectivity index (χ2v) is 8.67. The van der Waals surface area contributed by atoms with Crippen molar-refractivity contribution >= 4 is 23.1 Å². The molecule has 1 aliphatic rings. The van der Waals surface area contributed by atoms with E-state index < -0.39 is 17.7 Å². The average Bonchev–Trinajstić information content (AvgIpc) is 3.54. The first-order chi connectivity index (χ1) is 16.9. The van der Waals surface area contributed by atoms with E-state index in [1.54, 1.807) is 24.7 Å². The van der Waals surface area contributed by atoms with E-state index in [0.717, 1.165) is 5.56 Å². The van der Waals surface area contributed by atoms with E-state index >= 15 is 0 Å². The molecule has 0 bridgehead atoms. The van der Waals surface area contributed by atoms with Crippen LogP contribution in [0.4, 0.5) is 0 Å². The number of fused-ring (bicyclic) bond motifs is 1. The number of pyridine rings is 1.